The first-order valence-electron chi connectivity index (χ1n) is 4.17. The van der Waals surface area contributed by atoms with Gasteiger partial charge in [0.05, 0.1) is 13.1 Å². The van der Waals surface area contributed by atoms with Crippen LogP contribution in [0.3, 0.4) is 0 Å². The van der Waals surface area contributed by atoms with E-state index in [0.29, 0.717) is 25.0 Å². The quantitative estimate of drug-likeness (QED) is 0.446. The number of rotatable bonds is 4. The van der Waals surface area contributed by atoms with Crippen LogP contribution >= 0.6 is 0 Å². The number of carbonyl (C=O) groups excluding carboxylic acids is 1. The van der Waals surface area contributed by atoms with Crippen molar-refractivity contribution >= 4 is 5.91 Å². The summed E-state index contributed by atoms with van der Waals surface area (Å²) in [5, 5.41) is 5.73. The van der Waals surface area contributed by atoms with E-state index < -0.39 is 0 Å². The van der Waals surface area contributed by atoms with Gasteiger partial charge < -0.3 is 5.32 Å². The number of carbonyl (C=O) groups is 1. The van der Waals surface area contributed by atoms with Crippen molar-refractivity contribution in [3.05, 3.63) is 0 Å². The Bertz CT molecular complexity index is 207. The molecular formula is C9H14N2O. The molecule has 0 heterocycles. The molecule has 1 aliphatic rings. The lowest BCUT2D eigenvalue weighted by Crippen LogP contribution is -2.35. The Hall–Kier alpha value is -1.01. The molecule has 0 bridgehead atoms. The van der Waals surface area contributed by atoms with Crippen molar-refractivity contribution in [2.45, 2.75) is 19.4 Å². The fourth-order valence-corrected chi connectivity index (χ4v) is 1.03. The highest BCUT2D eigenvalue weighted by atomic mass is 16.2. The lowest BCUT2D eigenvalue weighted by molar-refractivity contribution is -0.120. The van der Waals surface area contributed by atoms with Crippen LogP contribution in [0, 0.1) is 18.3 Å². The standard InChI is InChI=1S/C9H14N2O/c1-3-4-10-6-9(12)11-8-5-7(8)2/h1,7-8,10H,4-6H2,2H3,(H,11,12). The van der Waals surface area contributed by atoms with Gasteiger partial charge in [0.1, 0.15) is 0 Å². The van der Waals surface area contributed by atoms with Crippen LogP contribution in [-0.2, 0) is 4.79 Å². The van der Waals surface area contributed by atoms with E-state index in [1.54, 1.807) is 0 Å². The fourth-order valence-electron chi connectivity index (χ4n) is 1.03. The van der Waals surface area contributed by atoms with Crippen LogP contribution in [0.5, 0.6) is 0 Å². The molecule has 2 N–H and O–H groups in total. The second-order valence-corrected chi connectivity index (χ2v) is 3.19. The summed E-state index contributed by atoms with van der Waals surface area (Å²) in [6.45, 7) is 2.90. The molecule has 0 aromatic heterocycles. The van der Waals surface area contributed by atoms with Crippen molar-refractivity contribution in [3.63, 3.8) is 0 Å². The van der Waals surface area contributed by atoms with Crippen molar-refractivity contribution in [2.75, 3.05) is 13.1 Å². The topological polar surface area (TPSA) is 41.1 Å². The van der Waals surface area contributed by atoms with E-state index in [2.05, 4.69) is 23.5 Å². The van der Waals surface area contributed by atoms with Crippen molar-refractivity contribution in [1.29, 1.82) is 0 Å². The maximum Gasteiger partial charge on any atom is 0.234 e. The first-order chi connectivity index (χ1) is 5.74. The minimum atomic E-state index is 0.0413. The molecular weight excluding hydrogens is 152 g/mol. The highest BCUT2D eigenvalue weighted by Gasteiger charge is 2.33. The molecule has 2 unspecified atom stereocenters. The molecule has 0 spiro atoms. The molecule has 1 fully saturated rings. The second-order valence-electron chi connectivity index (χ2n) is 3.19. The van der Waals surface area contributed by atoms with Crippen LogP contribution in [0.25, 0.3) is 0 Å². The molecule has 0 aromatic rings. The largest absolute Gasteiger partial charge is 0.352 e. The maximum absolute atomic E-state index is 11.1. The molecule has 1 aliphatic carbocycles. The summed E-state index contributed by atoms with van der Waals surface area (Å²) in [4.78, 5) is 11.1. The lowest BCUT2D eigenvalue weighted by Gasteiger charge is -2.02. The SMILES string of the molecule is C#CCNCC(=O)NC1CC1C. The van der Waals surface area contributed by atoms with Crippen LogP contribution in [0.2, 0.25) is 0 Å². The molecule has 3 nitrogen and oxygen atoms in total. The zero-order valence-corrected chi connectivity index (χ0v) is 7.26. The predicted octanol–water partition coefficient (Wildman–Crippen LogP) is -0.266. The van der Waals surface area contributed by atoms with E-state index in [9.17, 15) is 4.79 Å². The first kappa shape index (κ1) is 9.08. The van der Waals surface area contributed by atoms with Gasteiger partial charge in [-0.2, -0.15) is 0 Å². The summed E-state index contributed by atoms with van der Waals surface area (Å²) in [5.74, 6) is 3.11. The van der Waals surface area contributed by atoms with Gasteiger partial charge in [0, 0.05) is 6.04 Å². The van der Waals surface area contributed by atoms with Crippen LogP contribution in [-0.4, -0.2) is 25.0 Å². The molecule has 1 saturated carbocycles. The number of hydrogen-bond acceptors (Lipinski definition) is 2. The number of amides is 1. The monoisotopic (exact) mass is 166 g/mol. The van der Waals surface area contributed by atoms with Crippen LogP contribution in [0.4, 0.5) is 0 Å². The summed E-state index contributed by atoms with van der Waals surface area (Å²) >= 11 is 0. The van der Waals surface area contributed by atoms with Crippen molar-refractivity contribution in [1.82, 2.24) is 10.6 Å². The lowest BCUT2D eigenvalue weighted by atomic mass is 10.4. The Labute approximate surface area is 72.9 Å². The van der Waals surface area contributed by atoms with Gasteiger partial charge in [-0.15, -0.1) is 6.42 Å². The fraction of sp³-hybridized carbons (Fsp3) is 0.667. The van der Waals surface area contributed by atoms with E-state index in [1.807, 2.05) is 0 Å². The van der Waals surface area contributed by atoms with Crippen molar-refractivity contribution < 1.29 is 4.79 Å². The van der Waals surface area contributed by atoms with Crippen molar-refractivity contribution in [2.24, 2.45) is 5.92 Å². The summed E-state index contributed by atoms with van der Waals surface area (Å²) in [6.07, 6.45) is 6.12. The Morgan fingerprint density at radius 3 is 2.92 bits per heavy atom. The zero-order valence-electron chi connectivity index (χ0n) is 7.26. The van der Waals surface area contributed by atoms with Gasteiger partial charge in [-0.3, -0.25) is 10.1 Å². The molecule has 0 saturated heterocycles. The van der Waals surface area contributed by atoms with E-state index in [4.69, 9.17) is 6.42 Å². The molecule has 0 radical (unpaired) electrons. The maximum atomic E-state index is 11.1. The third-order valence-electron chi connectivity index (χ3n) is 1.97. The summed E-state index contributed by atoms with van der Waals surface area (Å²) in [5.41, 5.74) is 0. The molecule has 0 aliphatic heterocycles. The summed E-state index contributed by atoms with van der Waals surface area (Å²) in [6, 6.07) is 0.408. The number of nitrogens with one attached hydrogen (secondary N) is 2. The Balaban J connectivity index is 2.01. The van der Waals surface area contributed by atoms with Crippen LogP contribution in [0.1, 0.15) is 13.3 Å². The van der Waals surface area contributed by atoms with Crippen LogP contribution in [0.15, 0.2) is 0 Å². The Kier molecular flexibility index (Phi) is 3.12. The van der Waals surface area contributed by atoms with E-state index in [-0.39, 0.29) is 5.91 Å². The zero-order chi connectivity index (χ0) is 8.97. The molecule has 66 valence electrons. The van der Waals surface area contributed by atoms with Gasteiger partial charge in [0.15, 0.2) is 0 Å². The average Bonchev–Trinajstić information content (AvgIpc) is 2.67. The average molecular weight is 166 g/mol. The minimum absolute atomic E-state index is 0.0413. The highest BCUT2D eigenvalue weighted by molar-refractivity contribution is 5.78. The third kappa shape index (κ3) is 2.93. The second kappa shape index (κ2) is 4.13. The van der Waals surface area contributed by atoms with E-state index in [1.165, 1.54) is 0 Å². The Morgan fingerprint density at radius 2 is 2.42 bits per heavy atom. The van der Waals surface area contributed by atoms with Gasteiger partial charge in [-0.1, -0.05) is 12.8 Å². The Morgan fingerprint density at radius 1 is 1.75 bits per heavy atom. The van der Waals surface area contributed by atoms with Gasteiger partial charge in [-0.05, 0) is 12.3 Å². The summed E-state index contributed by atoms with van der Waals surface area (Å²) < 4.78 is 0. The first-order valence-corrected chi connectivity index (χ1v) is 4.17. The van der Waals surface area contributed by atoms with E-state index >= 15 is 0 Å². The molecule has 0 aromatic carbocycles. The number of terminal acetylenes is 1. The molecule has 1 amide bonds. The van der Waals surface area contributed by atoms with E-state index in [0.717, 1.165) is 6.42 Å². The smallest absolute Gasteiger partial charge is 0.234 e. The van der Waals surface area contributed by atoms with Crippen LogP contribution < -0.4 is 10.6 Å². The predicted molar refractivity (Wildman–Crippen MR) is 47.4 cm³/mol. The normalized spacial score (nSPS) is 26.0. The molecule has 12 heavy (non-hydrogen) atoms. The molecule has 2 atom stereocenters. The third-order valence-corrected chi connectivity index (χ3v) is 1.97. The van der Waals surface area contributed by atoms with Crippen molar-refractivity contribution in [3.8, 4) is 12.3 Å². The minimum Gasteiger partial charge on any atom is -0.352 e. The van der Waals surface area contributed by atoms with Gasteiger partial charge in [0.2, 0.25) is 5.91 Å². The van der Waals surface area contributed by atoms with Gasteiger partial charge in [0.25, 0.3) is 0 Å². The number of hydrogen-bond donors (Lipinski definition) is 2. The van der Waals surface area contributed by atoms with Gasteiger partial charge in [-0.25, -0.2) is 0 Å². The summed E-state index contributed by atoms with van der Waals surface area (Å²) in [7, 11) is 0. The highest BCUT2D eigenvalue weighted by Crippen LogP contribution is 2.28. The molecule has 1 rings (SSSR count). The van der Waals surface area contributed by atoms with Gasteiger partial charge >= 0.3 is 0 Å². The molecule has 3 heteroatoms.